The molecule has 4 heteroatoms. The third-order valence-corrected chi connectivity index (χ3v) is 5.88. The number of rotatable bonds is 7. The monoisotopic (exact) mass is 369 g/mol. The number of fused-ring (bicyclic) bond motifs is 3. The zero-order chi connectivity index (χ0) is 19.6. The lowest BCUT2D eigenvalue weighted by Gasteiger charge is -2.39. The van der Waals surface area contributed by atoms with E-state index in [2.05, 4.69) is 73.7 Å². The Hall–Kier alpha value is -1.81. The van der Waals surface area contributed by atoms with Crippen molar-refractivity contribution in [2.24, 2.45) is 0 Å². The second-order valence-corrected chi connectivity index (χ2v) is 8.47. The van der Waals surface area contributed by atoms with Crippen LogP contribution in [0.1, 0.15) is 65.1 Å². The van der Waals surface area contributed by atoms with Crippen LogP contribution in [0.5, 0.6) is 0 Å². The molecule has 0 fully saturated rings. The average molecular weight is 370 g/mol. The number of amides is 1. The van der Waals surface area contributed by atoms with E-state index in [1.54, 1.807) is 0 Å². The van der Waals surface area contributed by atoms with E-state index in [-0.39, 0.29) is 0 Å². The predicted molar refractivity (Wildman–Crippen MR) is 113 cm³/mol. The van der Waals surface area contributed by atoms with Gasteiger partial charge in [-0.05, 0) is 52.2 Å². The number of benzene rings is 1. The van der Waals surface area contributed by atoms with Crippen molar-refractivity contribution in [3.8, 4) is 0 Å². The van der Waals surface area contributed by atoms with Gasteiger partial charge in [0.1, 0.15) is 0 Å². The number of para-hydroxylation sites is 1. The molecule has 0 spiro atoms. The van der Waals surface area contributed by atoms with Crippen molar-refractivity contribution in [2.45, 2.75) is 85.0 Å². The standard InChI is InChI=1S/C23H35N3O/c1-6-9-18(26(16(2)3)17(4)5)14-23(27)25-13-12-20-19-10-7-8-11-21(19)24-22(20)15-25/h7-8,10-11,16-18,24H,6,9,12-15H2,1-5H3. The van der Waals surface area contributed by atoms with Gasteiger partial charge in [-0.2, -0.15) is 0 Å². The highest BCUT2D eigenvalue weighted by molar-refractivity contribution is 5.85. The molecule has 1 aromatic heterocycles. The van der Waals surface area contributed by atoms with Crippen molar-refractivity contribution in [3.63, 3.8) is 0 Å². The summed E-state index contributed by atoms with van der Waals surface area (Å²) in [6.07, 6.45) is 3.76. The normalized spacial score (nSPS) is 15.8. The number of aromatic nitrogens is 1. The van der Waals surface area contributed by atoms with Crippen LogP contribution < -0.4 is 0 Å². The molecule has 1 N–H and O–H groups in total. The molecule has 1 aromatic carbocycles. The Bertz CT molecular complexity index is 769. The van der Waals surface area contributed by atoms with Crippen molar-refractivity contribution in [1.82, 2.24) is 14.8 Å². The van der Waals surface area contributed by atoms with E-state index in [9.17, 15) is 4.79 Å². The van der Waals surface area contributed by atoms with Crippen molar-refractivity contribution in [1.29, 1.82) is 0 Å². The van der Waals surface area contributed by atoms with Gasteiger partial charge in [0, 0.05) is 47.7 Å². The zero-order valence-corrected chi connectivity index (χ0v) is 17.6. The van der Waals surface area contributed by atoms with Crippen LogP contribution in [-0.4, -0.2) is 45.4 Å². The number of hydrogen-bond donors (Lipinski definition) is 1. The summed E-state index contributed by atoms with van der Waals surface area (Å²) in [7, 11) is 0. The molecule has 1 atom stereocenters. The summed E-state index contributed by atoms with van der Waals surface area (Å²) in [6.45, 7) is 12.7. The molecule has 3 rings (SSSR count). The minimum absolute atomic E-state index is 0.295. The highest BCUT2D eigenvalue weighted by Gasteiger charge is 2.29. The molecule has 4 nitrogen and oxygen atoms in total. The van der Waals surface area contributed by atoms with Crippen LogP contribution in [0.4, 0.5) is 0 Å². The van der Waals surface area contributed by atoms with Crippen molar-refractivity contribution in [2.75, 3.05) is 6.54 Å². The third-order valence-electron chi connectivity index (χ3n) is 5.88. The Balaban J connectivity index is 1.73. The third kappa shape index (κ3) is 4.21. The van der Waals surface area contributed by atoms with E-state index in [1.165, 1.54) is 22.2 Å². The van der Waals surface area contributed by atoms with Crippen molar-refractivity contribution < 1.29 is 4.79 Å². The zero-order valence-electron chi connectivity index (χ0n) is 17.6. The predicted octanol–water partition coefficient (Wildman–Crippen LogP) is 4.73. The first-order valence-corrected chi connectivity index (χ1v) is 10.6. The molecule has 1 aliphatic heterocycles. The smallest absolute Gasteiger partial charge is 0.224 e. The Morgan fingerprint density at radius 2 is 1.89 bits per heavy atom. The van der Waals surface area contributed by atoms with Crippen molar-refractivity contribution in [3.05, 3.63) is 35.5 Å². The quantitative estimate of drug-likeness (QED) is 0.766. The molecule has 148 valence electrons. The molecular weight excluding hydrogens is 334 g/mol. The number of carbonyl (C=O) groups excluding carboxylic acids is 1. The van der Waals surface area contributed by atoms with Gasteiger partial charge in [0.2, 0.25) is 5.91 Å². The van der Waals surface area contributed by atoms with Crippen molar-refractivity contribution >= 4 is 16.8 Å². The molecule has 0 aliphatic carbocycles. The number of nitrogens with zero attached hydrogens (tertiary/aromatic N) is 2. The fourth-order valence-electron chi connectivity index (χ4n) is 4.87. The van der Waals surface area contributed by atoms with Crippen LogP contribution in [0.25, 0.3) is 10.9 Å². The molecule has 2 aromatic rings. The van der Waals surface area contributed by atoms with Crippen LogP contribution in [0.15, 0.2) is 24.3 Å². The summed E-state index contributed by atoms with van der Waals surface area (Å²) < 4.78 is 0. The van der Waals surface area contributed by atoms with Crippen LogP contribution in [-0.2, 0) is 17.8 Å². The Kier molecular flexibility index (Phi) is 6.25. The molecule has 0 saturated carbocycles. The summed E-state index contributed by atoms with van der Waals surface area (Å²) in [5.74, 6) is 0.295. The highest BCUT2D eigenvalue weighted by Crippen LogP contribution is 2.28. The van der Waals surface area contributed by atoms with E-state index in [0.717, 1.165) is 25.8 Å². The lowest BCUT2D eigenvalue weighted by molar-refractivity contribution is -0.134. The highest BCUT2D eigenvalue weighted by atomic mass is 16.2. The van der Waals surface area contributed by atoms with E-state index in [0.29, 0.717) is 37.0 Å². The largest absolute Gasteiger partial charge is 0.357 e. The molecule has 1 aliphatic rings. The molecule has 1 unspecified atom stereocenters. The summed E-state index contributed by atoms with van der Waals surface area (Å²) in [4.78, 5) is 21.2. The van der Waals surface area contributed by atoms with Crippen LogP contribution in [0.3, 0.4) is 0 Å². The second kappa shape index (κ2) is 8.47. The van der Waals surface area contributed by atoms with Gasteiger partial charge >= 0.3 is 0 Å². The topological polar surface area (TPSA) is 39.3 Å². The molecular formula is C23H35N3O. The minimum atomic E-state index is 0.295. The van der Waals surface area contributed by atoms with Gasteiger partial charge in [0.15, 0.2) is 0 Å². The number of nitrogens with one attached hydrogen (secondary N) is 1. The van der Waals surface area contributed by atoms with Gasteiger partial charge in [-0.1, -0.05) is 31.5 Å². The summed E-state index contributed by atoms with van der Waals surface area (Å²) in [5.41, 5.74) is 3.80. The summed E-state index contributed by atoms with van der Waals surface area (Å²) >= 11 is 0. The van der Waals surface area contributed by atoms with Gasteiger partial charge in [-0.25, -0.2) is 0 Å². The Morgan fingerprint density at radius 1 is 1.19 bits per heavy atom. The number of aromatic amines is 1. The average Bonchev–Trinajstić information content (AvgIpc) is 2.99. The lowest BCUT2D eigenvalue weighted by atomic mass is 9.99. The fraction of sp³-hybridized carbons (Fsp3) is 0.609. The SMILES string of the molecule is CCCC(CC(=O)N1CCc2c([nH]c3ccccc23)C1)N(C(C)C)C(C)C. The summed E-state index contributed by atoms with van der Waals surface area (Å²) in [5, 5.41) is 1.31. The molecule has 0 bridgehead atoms. The maximum Gasteiger partial charge on any atom is 0.224 e. The molecule has 2 heterocycles. The first kappa shape index (κ1) is 19.9. The Labute approximate surface area is 163 Å². The molecule has 1 amide bonds. The maximum absolute atomic E-state index is 13.1. The first-order chi connectivity index (χ1) is 12.9. The number of hydrogen-bond acceptors (Lipinski definition) is 2. The fourth-order valence-corrected chi connectivity index (χ4v) is 4.87. The van der Waals surface area contributed by atoms with Gasteiger partial charge < -0.3 is 9.88 Å². The summed E-state index contributed by atoms with van der Waals surface area (Å²) in [6, 6.07) is 9.70. The van der Waals surface area contributed by atoms with Crippen LogP contribution in [0.2, 0.25) is 0 Å². The van der Waals surface area contributed by atoms with E-state index in [1.807, 2.05) is 0 Å². The second-order valence-electron chi connectivity index (χ2n) is 8.47. The van der Waals surface area contributed by atoms with Gasteiger partial charge in [0.05, 0.1) is 6.54 Å². The van der Waals surface area contributed by atoms with E-state index in [4.69, 9.17) is 0 Å². The lowest BCUT2D eigenvalue weighted by Crippen LogP contribution is -2.48. The van der Waals surface area contributed by atoms with Gasteiger partial charge in [-0.15, -0.1) is 0 Å². The van der Waals surface area contributed by atoms with E-state index < -0.39 is 0 Å². The maximum atomic E-state index is 13.1. The van der Waals surface area contributed by atoms with Crippen LogP contribution in [0, 0.1) is 0 Å². The van der Waals surface area contributed by atoms with Crippen LogP contribution >= 0.6 is 0 Å². The van der Waals surface area contributed by atoms with Gasteiger partial charge in [0.25, 0.3) is 0 Å². The molecule has 0 radical (unpaired) electrons. The van der Waals surface area contributed by atoms with Gasteiger partial charge in [-0.3, -0.25) is 9.69 Å². The number of H-pyrrole nitrogens is 1. The molecule has 0 saturated heterocycles. The molecule has 27 heavy (non-hydrogen) atoms. The minimum Gasteiger partial charge on any atom is -0.357 e. The number of carbonyl (C=O) groups is 1. The first-order valence-electron chi connectivity index (χ1n) is 10.6. The van der Waals surface area contributed by atoms with E-state index >= 15 is 0 Å². The Morgan fingerprint density at radius 3 is 2.56 bits per heavy atom.